The second kappa shape index (κ2) is 8.83. The summed E-state index contributed by atoms with van der Waals surface area (Å²) in [5.41, 5.74) is 1.03. The Morgan fingerprint density at radius 3 is 2.54 bits per heavy atom. The summed E-state index contributed by atoms with van der Waals surface area (Å²) in [6, 6.07) is 8.13. The molecule has 5 nitrogen and oxygen atoms in total. The van der Waals surface area contributed by atoms with E-state index in [4.69, 9.17) is 11.6 Å². The molecule has 152 valence electrons. The first-order chi connectivity index (χ1) is 13.6. The van der Waals surface area contributed by atoms with Gasteiger partial charge in [-0.15, -0.1) is 0 Å². The molecule has 2 saturated heterocycles. The van der Waals surface area contributed by atoms with Gasteiger partial charge in [0.15, 0.2) is 0 Å². The summed E-state index contributed by atoms with van der Waals surface area (Å²) in [7, 11) is 0. The summed E-state index contributed by atoms with van der Waals surface area (Å²) < 4.78 is 0. The molecule has 1 aliphatic carbocycles. The summed E-state index contributed by atoms with van der Waals surface area (Å²) in [4.78, 5) is 29.5. The Kier molecular flexibility index (Phi) is 6.22. The van der Waals surface area contributed by atoms with Gasteiger partial charge in [0, 0.05) is 43.2 Å². The number of carbonyl (C=O) groups is 2. The van der Waals surface area contributed by atoms with E-state index in [0.717, 1.165) is 70.3 Å². The zero-order chi connectivity index (χ0) is 19.5. The van der Waals surface area contributed by atoms with Gasteiger partial charge in [-0.3, -0.25) is 14.5 Å². The molecule has 4 rings (SSSR count). The van der Waals surface area contributed by atoms with Gasteiger partial charge in [0.05, 0.1) is 5.92 Å². The maximum Gasteiger partial charge on any atom is 0.225 e. The van der Waals surface area contributed by atoms with E-state index in [0.29, 0.717) is 29.4 Å². The fourth-order valence-electron chi connectivity index (χ4n) is 4.57. The fourth-order valence-corrected chi connectivity index (χ4v) is 4.79. The van der Waals surface area contributed by atoms with Crippen LogP contribution in [0.2, 0.25) is 5.02 Å². The number of hydrogen-bond acceptors (Lipinski definition) is 3. The van der Waals surface area contributed by atoms with Crippen LogP contribution in [0.15, 0.2) is 24.3 Å². The van der Waals surface area contributed by atoms with Crippen LogP contribution in [0, 0.1) is 11.8 Å². The highest BCUT2D eigenvalue weighted by Gasteiger charge is 2.37. The van der Waals surface area contributed by atoms with Crippen molar-refractivity contribution in [2.75, 3.05) is 26.2 Å². The largest absolute Gasteiger partial charge is 0.352 e. The summed E-state index contributed by atoms with van der Waals surface area (Å²) in [5.74, 6) is 0.888. The van der Waals surface area contributed by atoms with Crippen molar-refractivity contribution in [2.24, 2.45) is 11.8 Å². The van der Waals surface area contributed by atoms with E-state index in [-0.39, 0.29) is 11.8 Å². The van der Waals surface area contributed by atoms with Crippen LogP contribution in [0.4, 0.5) is 0 Å². The van der Waals surface area contributed by atoms with Crippen LogP contribution >= 0.6 is 11.6 Å². The first-order valence-electron chi connectivity index (χ1n) is 10.6. The zero-order valence-electron chi connectivity index (χ0n) is 16.4. The molecule has 0 bridgehead atoms. The first kappa shape index (κ1) is 19.7. The molecule has 1 aromatic rings. The number of piperidine rings is 2. The third-order valence-electron chi connectivity index (χ3n) is 6.40. The molecule has 2 heterocycles. The highest BCUT2D eigenvalue weighted by molar-refractivity contribution is 6.30. The van der Waals surface area contributed by atoms with Crippen LogP contribution in [0.25, 0.3) is 0 Å². The minimum atomic E-state index is 0.0547. The third-order valence-corrected chi connectivity index (χ3v) is 6.63. The quantitative estimate of drug-likeness (QED) is 0.822. The van der Waals surface area contributed by atoms with Crippen molar-refractivity contribution in [2.45, 2.75) is 51.1 Å². The van der Waals surface area contributed by atoms with Gasteiger partial charge >= 0.3 is 0 Å². The molecular weight excluding hydrogens is 374 g/mol. The molecule has 0 unspecified atom stereocenters. The molecule has 28 heavy (non-hydrogen) atoms. The number of nitrogens with zero attached hydrogens (tertiary/aromatic N) is 2. The normalized spacial score (nSPS) is 24.2. The molecule has 0 aromatic heterocycles. The van der Waals surface area contributed by atoms with Gasteiger partial charge < -0.3 is 10.2 Å². The highest BCUT2D eigenvalue weighted by Crippen LogP contribution is 2.32. The van der Waals surface area contributed by atoms with Gasteiger partial charge in [0.2, 0.25) is 11.8 Å². The van der Waals surface area contributed by atoms with Crippen molar-refractivity contribution < 1.29 is 9.59 Å². The highest BCUT2D eigenvalue weighted by atomic mass is 35.5. The van der Waals surface area contributed by atoms with E-state index >= 15 is 0 Å². The molecule has 0 radical (unpaired) electrons. The lowest BCUT2D eigenvalue weighted by molar-refractivity contribution is -0.134. The molecule has 1 atom stereocenters. The predicted octanol–water partition coefficient (Wildman–Crippen LogP) is 3.07. The van der Waals surface area contributed by atoms with Crippen LogP contribution in [0.5, 0.6) is 0 Å². The lowest BCUT2D eigenvalue weighted by atomic mass is 9.93. The van der Waals surface area contributed by atoms with Crippen LogP contribution in [0.1, 0.15) is 44.1 Å². The minimum absolute atomic E-state index is 0.0547. The molecule has 1 N–H and O–H groups in total. The maximum atomic E-state index is 12.7. The number of benzene rings is 1. The smallest absolute Gasteiger partial charge is 0.225 e. The number of hydrogen-bond donors (Lipinski definition) is 1. The molecule has 2 aliphatic heterocycles. The molecule has 2 amide bonds. The lowest BCUT2D eigenvalue weighted by Crippen LogP contribution is -2.51. The van der Waals surface area contributed by atoms with Crippen molar-refractivity contribution in [3.8, 4) is 0 Å². The molecule has 1 aromatic carbocycles. The molecule has 3 fully saturated rings. The Morgan fingerprint density at radius 2 is 1.82 bits per heavy atom. The standard InChI is InChI=1S/C22H30ClN3O2/c23-19-5-1-3-16(13-19)14-24-21(27)18-4-2-10-26(15-18)20-8-11-25(12-9-20)22(28)17-6-7-17/h1,3,5,13,17-18,20H,2,4,6-12,14-15H2,(H,24,27)/t18-/m0/s1. The number of amides is 2. The van der Waals surface area contributed by atoms with Gasteiger partial charge in [-0.05, 0) is 62.8 Å². The van der Waals surface area contributed by atoms with Gasteiger partial charge in [0.1, 0.15) is 0 Å². The van der Waals surface area contributed by atoms with E-state index in [9.17, 15) is 9.59 Å². The van der Waals surface area contributed by atoms with Gasteiger partial charge in [-0.1, -0.05) is 23.7 Å². The van der Waals surface area contributed by atoms with E-state index in [1.54, 1.807) is 0 Å². The van der Waals surface area contributed by atoms with Crippen molar-refractivity contribution in [3.63, 3.8) is 0 Å². The average Bonchev–Trinajstić information content (AvgIpc) is 3.57. The second-order valence-electron chi connectivity index (χ2n) is 8.51. The molecule has 3 aliphatic rings. The van der Waals surface area contributed by atoms with Gasteiger partial charge in [-0.2, -0.15) is 0 Å². The molecular formula is C22H30ClN3O2. The molecule has 6 heteroatoms. The monoisotopic (exact) mass is 403 g/mol. The Bertz CT molecular complexity index is 713. The van der Waals surface area contributed by atoms with Crippen molar-refractivity contribution in [1.29, 1.82) is 0 Å². The Labute approximate surface area is 172 Å². The second-order valence-corrected chi connectivity index (χ2v) is 8.95. The topological polar surface area (TPSA) is 52.7 Å². The fraction of sp³-hybridized carbons (Fsp3) is 0.636. The Balaban J connectivity index is 1.24. The van der Waals surface area contributed by atoms with Crippen LogP contribution in [-0.4, -0.2) is 53.8 Å². The van der Waals surface area contributed by atoms with Crippen molar-refractivity contribution in [1.82, 2.24) is 15.1 Å². The van der Waals surface area contributed by atoms with Crippen LogP contribution < -0.4 is 5.32 Å². The summed E-state index contributed by atoms with van der Waals surface area (Å²) in [5, 5.41) is 3.78. The van der Waals surface area contributed by atoms with Crippen LogP contribution in [-0.2, 0) is 16.1 Å². The number of nitrogens with one attached hydrogen (secondary N) is 1. The molecule has 0 spiro atoms. The summed E-state index contributed by atoms with van der Waals surface area (Å²) >= 11 is 6.02. The van der Waals surface area contributed by atoms with Crippen molar-refractivity contribution >= 4 is 23.4 Å². The van der Waals surface area contributed by atoms with E-state index < -0.39 is 0 Å². The number of halogens is 1. The van der Waals surface area contributed by atoms with Gasteiger partial charge in [-0.25, -0.2) is 0 Å². The minimum Gasteiger partial charge on any atom is -0.352 e. The van der Waals surface area contributed by atoms with E-state index in [1.165, 1.54) is 0 Å². The molecule has 1 saturated carbocycles. The Hall–Kier alpha value is -1.59. The average molecular weight is 404 g/mol. The zero-order valence-corrected chi connectivity index (χ0v) is 17.2. The van der Waals surface area contributed by atoms with Gasteiger partial charge in [0.25, 0.3) is 0 Å². The number of carbonyl (C=O) groups excluding carboxylic acids is 2. The van der Waals surface area contributed by atoms with E-state index in [2.05, 4.69) is 15.1 Å². The Morgan fingerprint density at radius 1 is 1.04 bits per heavy atom. The van der Waals surface area contributed by atoms with Crippen LogP contribution in [0.3, 0.4) is 0 Å². The van der Waals surface area contributed by atoms with Crippen molar-refractivity contribution in [3.05, 3.63) is 34.9 Å². The third kappa shape index (κ3) is 4.87. The number of likely N-dealkylation sites (tertiary alicyclic amines) is 2. The summed E-state index contributed by atoms with van der Waals surface area (Å²) in [6.45, 7) is 4.18. The summed E-state index contributed by atoms with van der Waals surface area (Å²) in [6.07, 6.45) is 6.26. The SMILES string of the molecule is O=C(NCc1cccc(Cl)c1)[C@H]1CCCN(C2CCN(C(=O)C3CC3)CC2)C1. The lowest BCUT2D eigenvalue weighted by Gasteiger charge is -2.42. The maximum absolute atomic E-state index is 12.7. The van der Waals surface area contributed by atoms with E-state index in [1.807, 2.05) is 24.3 Å². The first-order valence-corrected chi connectivity index (χ1v) is 11.0. The predicted molar refractivity (Wildman–Crippen MR) is 110 cm³/mol. The number of rotatable bonds is 5.